The van der Waals surface area contributed by atoms with Gasteiger partial charge in [-0.05, 0) is 90.0 Å². The molecule has 3 rings (SSSR count). The van der Waals surface area contributed by atoms with Crippen LogP contribution in [0.5, 0.6) is 0 Å². The first-order valence-corrected chi connectivity index (χ1v) is 12.0. The topological polar surface area (TPSA) is 43.8 Å². The first kappa shape index (κ1) is 19.3. The van der Waals surface area contributed by atoms with E-state index in [9.17, 15) is 8.76 Å². The number of rotatable bonds is 4. The summed E-state index contributed by atoms with van der Waals surface area (Å²) in [6.45, 7) is 5.05. The standard InChI is InChI=1S/C16H24Br2N2O2S2/c1-12(19-8-4-2-5-9-19)16(24(21)22)7-3-6-10-20(16)14-11-13(17)15(18)23-14/h11-12H,2-10H2,1H3,(H,21,22). The minimum absolute atomic E-state index is 0.0589. The lowest BCUT2D eigenvalue weighted by Gasteiger charge is -2.52. The van der Waals surface area contributed by atoms with E-state index in [0.29, 0.717) is 0 Å². The number of halogens is 2. The lowest BCUT2D eigenvalue weighted by Crippen LogP contribution is -2.66. The summed E-state index contributed by atoms with van der Waals surface area (Å²) in [5.74, 6) is 0. The smallest absolute Gasteiger partial charge is 0.181 e. The molecule has 24 heavy (non-hydrogen) atoms. The molecule has 1 aromatic heterocycles. The zero-order valence-corrected chi connectivity index (χ0v) is 18.6. The average molecular weight is 500 g/mol. The molecule has 0 amide bonds. The van der Waals surface area contributed by atoms with Crippen LogP contribution in [0.1, 0.15) is 45.4 Å². The van der Waals surface area contributed by atoms with E-state index in [2.05, 4.69) is 54.6 Å². The Morgan fingerprint density at radius 2 is 1.88 bits per heavy atom. The van der Waals surface area contributed by atoms with Crippen LogP contribution >= 0.6 is 43.2 Å². The molecule has 0 spiro atoms. The summed E-state index contributed by atoms with van der Waals surface area (Å²) in [5.41, 5.74) is 0. The van der Waals surface area contributed by atoms with E-state index in [0.717, 1.165) is 52.2 Å². The SMILES string of the molecule is CC(N1CCCCC1)C1(S(=O)O)CCCCN1c1cc(Br)c(Br)s1. The maximum Gasteiger partial charge on any atom is 0.181 e. The molecule has 0 aliphatic carbocycles. The van der Waals surface area contributed by atoms with Gasteiger partial charge >= 0.3 is 0 Å². The molecule has 3 atom stereocenters. The normalized spacial score (nSPS) is 28.8. The summed E-state index contributed by atoms with van der Waals surface area (Å²) in [7, 11) is 0. The highest BCUT2D eigenvalue weighted by Gasteiger charge is 2.51. The Morgan fingerprint density at radius 1 is 1.21 bits per heavy atom. The molecule has 1 N–H and O–H groups in total. The average Bonchev–Trinajstić information content (AvgIpc) is 2.93. The third-order valence-electron chi connectivity index (χ3n) is 5.42. The van der Waals surface area contributed by atoms with E-state index in [1.165, 1.54) is 19.3 Å². The number of thiophene rings is 1. The quantitative estimate of drug-likeness (QED) is 0.588. The Morgan fingerprint density at radius 3 is 2.46 bits per heavy atom. The fourth-order valence-corrected chi connectivity index (χ4v) is 7.39. The second kappa shape index (κ2) is 8.05. The minimum atomic E-state index is -1.91. The van der Waals surface area contributed by atoms with Crippen LogP contribution in [0.15, 0.2) is 14.3 Å². The molecule has 3 heterocycles. The summed E-state index contributed by atoms with van der Waals surface area (Å²) in [4.78, 5) is 3.92. The summed E-state index contributed by atoms with van der Waals surface area (Å²) in [6.07, 6.45) is 6.49. The van der Waals surface area contributed by atoms with E-state index >= 15 is 0 Å². The van der Waals surface area contributed by atoms with E-state index < -0.39 is 16.0 Å². The molecule has 0 radical (unpaired) electrons. The van der Waals surface area contributed by atoms with Crippen LogP contribution in [0, 0.1) is 0 Å². The fraction of sp³-hybridized carbons (Fsp3) is 0.750. The molecular weight excluding hydrogens is 476 g/mol. The van der Waals surface area contributed by atoms with Crippen molar-refractivity contribution in [2.24, 2.45) is 0 Å². The number of hydrogen-bond acceptors (Lipinski definition) is 4. The lowest BCUT2D eigenvalue weighted by molar-refractivity contribution is 0.124. The Balaban J connectivity index is 1.99. The molecule has 2 saturated heterocycles. The largest absolute Gasteiger partial charge is 0.343 e. The van der Waals surface area contributed by atoms with E-state index in [4.69, 9.17) is 0 Å². The molecule has 1 aromatic rings. The van der Waals surface area contributed by atoms with Gasteiger partial charge in [-0.1, -0.05) is 6.42 Å². The van der Waals surface area contributed by atoms with Crippen molar-refractivity contribution in [1.82, 2.24) is 4.90 Å². The van der Waals surface area contributed by atoms with Crippen molar-refractivity contribution in [3.63, 3.8) is 0 Å². The predicted molar refractivity (Wildman–Crippen MR) is 109 cm³/mol. The van der Waals surface area contributed by atoms with Crippen molar-refractivity contribution in [1.29, 1.82) is 0 Å². The van der Waals surface area contributed by atoms with E-state index in [-0.39, 0.29) is 6.04 Å². The molecule has 0 aromatic carbocycles. The zero-order chi connectivity index (χ0) is 17.3. The van der Waals surface area contributed by atoms with Crippen molar-refractivity contribution in [3.8, 4) is 0 Å². The van der Waals surface area contributed by atoms with Crippen molar-refractivity contribution in [3.05, 3.63) is 14.3 Å². The molecule has 4 nitrogen and oxygen atoms in total. The first-order chi connectivity index (χ1) is 11.5. The number of anilines is 1. The Hall–Kier alpha value is 0.530. The van der Waals surface area contributed by atoms with Gasteiger partial charge in [0.1, 0.15) is 0 Å². The fourth-order valence-electron chi connectivity index (χ4n) is 4.09. The van der Waals surface area contributed by atoms with Crippen LogP contribution < -0.4 is 4.90 Å². The molecule has 2 fully saturated rings. The van der Waals surface area contributed by atoms with Gasteiger partial charge in [-0.2, -0.15) is 0 Å². The van der Waals surface area contributed by atoms with E-state index in [1.54, 1.807) is 11.3 Å². The van der Waals surface area contributed by atoms with Gasteiger partial charge in [0.2, 0.25) is 0 Å². The summed E-state index contributed by atoms with van der Waals surface area (Å²) in [6, 6.07) is 2.13. The summed E-state index contributed by atoms with van der Waals surface area (Å²) in [5, 5.41) is 1.07. The van der Waals surface area contributed by atoms with Crippen LogP contribution in [0.3, 0.4) is 0 Å². The second-order valence-electron chi connectivity index (χ2n) is 6.68. The molecule has 0 bridgehead atoms. The highest BCUT2D eigenvalue weighted by atomic mass is 79.9. The van der Waals surface area contributed by atoms with Crippen LogP contribution in [0.4, 0.5) is 5.00 Å². The van der Waals surface area contributed by atoms with Crippen molar-refractivity contribution in [2.45, 2.75) is 56.4 Å². The third kappa shape index (κ3) is 3.51. The third-order valence-corrected chi connectivity index (χ3v) is 10.1. The monoisotopic (exact) mass is 498 g/mol. The van der Waals surface area contributed by atoms with Crippen molar-refractivity contribution >= 4 is 59.3 Å². The first-order valence-electron chi connectivity index (χ1n) is 8.54. The number of piperidine rings is 2. The maximum atomic E-state index is 12.7. The van der Waals surface area contributed by atoms with Crippen molar-refractivity contribution < 1.29 is 8.76 Å². The number of likely N-dealkylation sites (tertiary alicyclic amines) is 1. The van der Waals surface area contributed by atoms with Gasteiger partial charge in [-0.3, -0.25) is 4.90 Å². The Bertz CT molecular complexity index is 587. The molecule has 8 heteroatoms. The highest BCUT2D eigenvalue weighted by molar-refractivity contribution is 9.13. The highest BCUT2D eigenvalue weighted by Crippen LogP contribution is 2.45. The summed E-state index contributed by atoms with van der Waals surface area (Å²) >= 11 is 6.85. The predicted octanol–water partition coefficient (Wildman–Crippen LogP) is 5.06. The molecule has 2 aliphatic heterocycles. The number of hydrogen-bond donors (Lipinski definition) is 1. The van der Waals surface area contributed by atoms with Gasteiger partial charge in [0.05, 0.1) is 8.79 Å². The Kier molecular flexibility index (Phi) is 6.47. The Labute approximate surface area is 167 Å². The molecule has 2 aliphatic rings. The lowest BCUT2D eigenvalue weighted by atomic mass is 9.93. The molecule has 0 saturated carbocycles. The van der Waals surface area contributed by atoms with Crippen LogP contribution in [0.25, 0.3) is 0 Å². The van der Waals surface area contributed by atoms with Crippen LogP contribution in [-0.2, 0) is 11.1 Å². The van der Waals surface area contributed by atoms with Crippen LogP contribution in [0.2, 0.25) is 0 Å². The van der Waals surface area contributed by atoms with Gasteiger partial charge < -0.3 is 9.45 Å². The van der Waals surface area contributed by atoms with Crippen molar-refractivity contribution in [2.75, 3.05) is 24.5 Å². The van der Waals surface area contributed by atoms with Gasteiger partial charge in [-0.25, -0.2) is 4.21 Å². The van der Waals surface area contributed by atoms with Crippen LogP contribution in [-0.4, -0.2) is 44.2 Å². The molecule has 136 valence electrons. The molecule has 3 unspecified atom stereocenters. The summed E-state index contributed by atoms with van der Waals surface area (Å²) < 4.78 is 25.1. The second-order valence-corrected chi connectivity index (χ2v) is 11.1. The van der Waals surface area contributed by atoms with E-state index in [1.807, 2.05) is 0 Å². The van der Waals surface area contributed by atoms with Gasteiger partial charge in [0, 0.05) is 17.1 Å². The maximum absolute atomic E-state index is 12.7. The molecular formula is C16H24Br2N2O2S2. The number of nitrogens with zero attached hydrogens (tertiary/aromatic N) is 2. The van der Waals surface area contributed by atoms with Gasteiger partial charge in [0.15, 0.2) is 16.0 Å². The van der Waals surface area contributed by atoms with Gasteiger partial charge in [0.25, 0.3) is 0 Å². The minimum Gasteiger partial charge on any atom is -0.343 e. The zero-order valence-electron chi connectivity index (χ0n) is 13.8. The van der Waals surface area contributed by atoms with Gasteiger partial charge in [-0.15, -0.1) is 11.3 Å².